The highest BCUT2D eigenvalue weighted by atomic mass is 35.5. The number of non-ortho nitro benzene ring substituents is 1. The van der Waals surface area contributed by atoms with E-state index in [2.05, 4.69) is 9.82 Å². The molecule has 0 bridgehead atoms. The van der Waals surface area contributed by atoms with Crippen molar-refractivity contribution in [3.63, 3.8) is 0 Å². The number of nitro benzene ring substituents is 1. The molecule has 1 aromatic heterocycles. The zero-order chi connectivity index (χ0) is 31.5. The molecular weight excluding hydrogens is 590 g/mol. The van der Waals surface area contributed by atoms with Crippen molar-refractivity contribution in [1.29, 1.82) is 0 Å². The molecule has 10 nitrogen and oxygen atoms in total. The second-order valence-corrected chi connectivity index (χ2v) is 13.5. The molecule has 1 N–H and O–H groups in total. The minimum absolute atomic E-state index is 0.140. The highest BCUT2D eigenvalue weighted by Crippen LogP contribution is 2.30. The predicted octanol–water partition coefficient (Wildman–Crippen LogP) is 6.29. The van der Waals surface area contributed by atoms with Crippen molar-refractivity contribution in [3.8, 4) is 16.8 Å². The molecule has 0 aliphatic rings. The van der Waals surface area contributed by atoms with Crippen LogP contribution >= 0.6 is 11.6 Å². The highest BCUT2D eigenvalue weighted by Gasteiger charge is 2.25. The summed E-state index contributed by atoms with van der Waals surface area (Å²) in [6.45, 7) is 9.64. The fourth-order valence-electron chi connectivity index (χ4n) is 4.74. The fraction of sp³-hybridized carbons (Fsp3) is 0.355. The van der Waals surface area contributed by atoms with Crippen molar-refractivity contribution >= 4 is 27.3 Å². The lowest BCUT2D eigenvalue weighted by Crippen LogP contribution is -2.40. The van der Waals surface area contributed by atoms with Gasteiger partial charge >= 0.3 is 5.69 Å². The number of nitrogens with one attached hydrogen (secondary N) is 1. The highest BCUT2D eigenvalue weighted by molar-refractivity contribution is 7.89. The maximum Gasteiger partial charge on any atom is 0.351 e. The van der Waals surface area contributed by atoms with E-state index in [9.17, 15) is 23.3 Å². The van der Waals surface area contributed by atoms with E-state index in [-0.39, 0.29) is 27.8 Å². The standard InChI is InChI=1S/C31H36ClN5O5S/c1-6-8-9-29-33-36(27-19-24(37(39)40)15-16-26(27)32)30(38)35(29)20-22-10-13-23(14-11-22)25-18-21(7-2)12-17-28(25)43(41,42)34-31(3,4)5/h10-19,34H,6-9,20H2,1-5H3. The molecule has 0 unspecified atom stereocenters. The molecule has 4 rings (SSSR count). The molecule has 43 heavy (non-hydrogen) atoms. The lowest BCUT2D eigenvalue weighted by Gasteiger charge is -2.22. The van der Waals surface area contributed by atoms with Crippen LogP contribution in [-0.2, 0) is 29.4 Å². The van der Waals surface area contributed by atoms with Gasteiger partial charge in [0.1, 0.15) is 5.82 Å². The Morgan fingerprint density at radius 1 is 1.00 bits per heavy atom. The number of aryl methyl sites for hydroxylation is 2. The van der Waals surface area contributed by atoms with Crippen LogP contribution in [0.1, 0.15) is 64.4 Å². The average molecular weight is 626 g/mol. The van der Waals surface area contributed by atoms with Crippen molar-refractivity contribution in [2.75, 3.05) is 0 Å². The van der Waals surface area contributed by atoms with Crippen LogP contribution in [0.25, 0.3) is 16.8 Å². The number of unbranched alkanes of at least 4 members (excludes halogenated alkanes) is 1. The summed E-state index contributed by atoms with van der Waals surface area (Å²) in [5.41, 5.74) is 1.97. The zero-order valence-corrected chi connectivity index (χ0v) is 26.5. The van der Waals surface area contributed by atoms with Crippen LogP contribution in [0.5, 0.6) is 0 Å². The Morgan fingerprint density at radius 3 is 2.28 bits per heavy atom. The van der Waals surface area contributed by atoms with Crippen LogP contribution in [-0.4, -0.2) is 33.2 Å². The monoisotopic (exact) mass is 625 g/mol. The number of hydrogen-bond acceptors (Lipinski definition) is 6. The first-order valence-electron chi connectivity index (χ1n) is 14.1. The molecule has 0 atom stereocenters. The molecule has 0 saturated carbocycles. The number of sulfonamides is 1. The molecule has 3 aromatic carbocycles. The molecule has 0 fully saturated rings. The van der Waals surface area contributed by atoms with E-state index in [0.717, 1.165) is 40.6 Å². The van der Waals surface area contributed by atoms with Gasteiger partial charge in [0.25, 0.3) is 5.69 Å². The molecule has 0 aliphatic heterocycles. The van der Waals surface area contributed by atoms with Crippen molar-refractivity contribution < 1.29 is 13.3 Å². The maximum absolute atomic E-state index is 13.6. The van der Waals surface area contributed by atoms with Gasteiger partial charge in [0.15, 0.2) is 0 Å². The van der Waals surface area contributed by atoms with Gasteiger partial charge in [-0.05, 0) is 68.5 Å². The number of nitro groups is 1. The third kappa shape index (κ3) is 7.41. The summed E-state index contributed by atoms with van der Waals surface area (Å²) in [7, 11) is -3.80. The minimum atomic E-state index is -3.80. The van der Waals surface area contributed by atoms with Crippen molar-refractivity contribution in [1.82, 2.24) is 19.1 Å². The van der Waals surface area contributed by atoms with Gasteiger partial charge in [-0.1, -0.05) is 62.2 Å². The molecule has 0 saturated heterocycles. The summed E-state index contributed by atoms with van der Waals surface area (Å²) >= 11 is 6.33. The average Bonchev–Trinajstić information content (AvgIpc) is 3.25. The van der Waals surface area contributed by atoms with E-state index in [1.807, 2.05) is 50.2 Å². The number of hydrogen-bond donors (Lipinski definition) is 1. The zero-order valence-electron chi connectivity index (χ0n) is 24.9. The number of nitrogens with zero attached hydrogens (tertiary/aromatic N) is 4. The lowest BCUT2D eigenvalue weighted by molar-refractivity contribution is -0.384. The van der Waals surface area contributed by atoms with Gasteiger partial charge in [0, 0.05) is 29.7 Å². The number of rotatable bonds is 11. The van der Waals surface area contributed by atoms with Gasteiger partial charge in [0.05, 0.1) is 27.1 Å². The Kier molecular flexibility index (Phi) is 9.58. The van der Waals surface area contributed by atoms with E-state index in [1.165, 1.54) is 18.2 Å². The Hall–Kier alpha value is -3.80. The van der Waals surface area contributed by atoms with Crippen molar-refractivity contribution in [2.45, 2.75) is 77.3 Å². The lowest BCUT2D eigenvalue weighted by atomic mass is 10.0. The van der Waals surface area contributed by atoms with E-state index in [1.54, 1.807) is 31.4 Å². The van der Waals surface area contributed by atoms with E-state index in [4.69, 9.17) is 11.6 Å². The first-order chi connectivity index (χ1) is 20.2. The second kappa shape index (κ2) is 12.8. The smallest absolute Gasteiger partial charge is 0.274 e. The summed E-state index contributed by atoms with van der Waals surface area (Å²) in [6.07, 6.45) is 2.97. The predicted molar refractivity (Wildman–Crippen MR) is 169 cm³/mol. The van der Waals surface area contributed by atoms with Crippen molar-refractivity contribution in [3.05, 3.63) is 103 Å². The van der Waals surface area contributed by atoms with Gasteiger partial charge in [-0.3, -0.25) is 14.7 Å². The molecule has 12 heteroatoms. The quantitative estimate of drug-likeness (QED) is 0.154. The second-order valence-electron chi connectivity index (χ2n) is 11.4. The molecule has 0 amide bonds. The number of benzene rings is 3. The van der Waals surface area contributed by atoms with E-state index < -0.39 is 26.2 Å². The number of halogens is 1. The topological polar surface area (TPSA) is 129 Å². The van der Waals surface area contributed by atoms with Gasteiger partial charge in [0.2, 0.25) is 10.0 Å². The van der Waals surface area contributed by atoms with Gasteiger partial charge in [-0.25, -0.2) is 17.9 Å². The fourth-order valence-corrected chi connectivity index (χ4v) is 6.56. The third-order valence-corrected chi connectivity index (χ3v) is 8.99. The largest absolute Gasteiger partial charge is 0.351 e. The molecule has 0 radical (unpaired) electrons. The molecule has 0 spiro atoms. The van der Waals surface area contributed by atoms with Crippen molar-refractivity contribution in [2.24, 2.45) is 0 Å². The molecule has 1 heterocycles. The number of aromatic nitrogens is 3. The summed E-state index contributed by atoms with van der Waals surface area (Å²) in [4.78, 5) is 24.6. The summed E-state index contributed by atoms with van der Waals surface area (Å²) in [5, 5.41) is 16.0. The Balaban J connectivity index is 1.74. The normalized spacial score (nSPS) is 12.0. The van der Waals surface area contributed by atoms with Crippen LogP contribution in [0, 0.1) is 10.1 Å². The van der Waals surface area contributed by atoms with E-state index in [0.29, 0.717) is 17.8 Å². The van der Waals surface area contributed by atoms with Crippen LogP contribution in [0.3, 0.4) is 0 Å². The van der Waals surface area contributed by atoms with E-state index >= 15 is 0 Å². The maximum atomic E-state index is 13.6. The molecule has 0 aliphatic carbocycles. The van der Waals surface area contributed by atoms with Crippen LogP contribution in [0.4, 0.5) is 5.69 Å². The van der Waals surface area contributed by atoms with Crippen LogP contribution in [0.15, 0.2) is 70.4 Å². The molecule has 228 valence electrons. The van der Waals surface area contributed by atoms with Gasteiger partial charge < -0.3 is 0 Å². The molecular formula is C31H36ClN5O5S. The summed E-state index contributed by atoms with van der Waals surface area (Å²) < 4.78 is 32.0. The first kappa shape index (κ1) is 32.1. The SMILES string of the molecule is CCCCc1nn(-c2cc([N+](=O)[O-])ccc2Cl)c(=O)n1Cc1ccc(-c2cc(CC)ccc2S(=O)(=O)NC(C)(C)C)cc1. The Labute approximate surface area is 256 Å². The summed E-state index contributed by atoms with van der Waals surface area (Å²) in [6, 6.07) is 16.7. The first-order valence-corrected chi connectivity index (χ1v) is 16.0. The minimum Gasteiger partial charge on any atom is -0.274 e. The Bertz CT molecular complexity index is 1810. The van der Waals surface area contributed by atoms with Crippen LogP contribution < -0.4 is 10.4 Å². The van der Waals surface area contributed by atoms with Crippen LogP contribution in [0.2, 0.25) is 5.02 Å². The Morgan fingerprint density at radius 2 is 1.67 bits per heavy atom. The van der Waals surface area contributed by atoms with Gasteiger partial charge in [-0.15, -0.1) is 5.10 Å². The molecule has 4 aromatic rings. The van der Waals surface area contributed by atoms with Gasteiger partial charge in [-0.2, -0.15) is 4.68 Å². The third-order valence-electron chi connectivity index (χ3n) is 6.85. The summed E-state index contributed by atoms with van der Waals surface area (Å²) in [5.74, 6) is 0.538.